The standard InChI is InChI=1S/C15H18FN3O3/c16-10-1-2-12-11(7-10)18-13(22-12)8-19-5-3-9(4-6-19)14(20)15(17)21/h1-2,7,9,14,20H,3-6,8H2,(H2,17,21)/t14-/m1/s1. The lowest BCUT2D eigenvalue weighted by atomic mass is 9.91. The number of amides is 1. The molecule has 3 N–H and O–H groups in total. The summed E-state index contributed by atoms with van der Waals surface area (Å²) in [6.45, 7) is 1.97. The van der Waals surface area contributed by atoms with Crippen molar-refractivity contribution in [3.8, 4) is 0 Å². The highest BCUT2D eigenvalue weighted by Gasteiger charge is 2.28. The largest absolute Gasteiger partial charge is 0.439 e. The fraction of sp³-hybridized carbons (Fsp3) is 0.467. The van der Waals surface area contributed by atoms with Gasteiger partial charge in [-0.25, -0.2) is 9.37 Å². The normalized spacial score (nSPS) is 18.6. The first-order valence-corrected chi connectivity index (χ1v) is 7.27. The molecule has 1 aliphatic heterocycles. The predicted molar refractivity (Wildman–Crippen MR) is 77.2 cm³/mol. The fourth-order valence-corrected chi connectivity index (χ4v) is 2.87. The van der Waals surface area contributed by atoms with E-state index in [1.807, 2.05) is 0 Å². The van der Waals surface area contributed by atoms with Crippen molar-refractivity contribution < 1.29 is 18.7 Å². The van der Waals surface area contributed by atoms with Crippen LogP contribution in [0, 0.1) is 11.7 Å². The first-order valence-electron chi connectivity index (χ1n) is 7.27. The maximum atomic E-state index is 13.1. The Hall–Kier alpha value is -1.99. The van der Waals surface area contributed by atoms with Gasteiger partial charge >= 0.3 is 0 Å². The molecule has 1 aromatic carbocycles. The molecule has 2 aromatic rings. The number of benzene rings is 1. The van der Waals surface area contributed by atoms with Gasteiger partial charge in [-0.05, 0) is 44.0 Å². The zero-order chi connectivity index (χ0) is 15.7. The monoisotopic (exact) mass is 307 g/mol. The van der Waals surface area contributed by atoms with E-state index < -0.39 is 12.0 Å². The molecule has 3 rings (SSSR count). The molecule has 1 aromatic heterocycles. The summed E-state index contributed by atoms with van der Waals surface area (Å²) in [6, 6.07) is 4.25. The molecule has 1 fully saturated rings. The van der Waals surface area contributed by atoms with Gasteiger partial charge in [-0.2, -0.15) is 0 Å². The fourth-order valence-electron chi connectivity index (χ4n) is 2.87. The molecule has 0 bridgehead atoms. The number of piperidine rings is 1. The number of fused-ring (bicyclic) bond motifs is 1. The van der Waals surface area contributed by atoms with Crippen molar-refractivity contribution in [1.82, 2.24) is 9.88 Å². The number of aliphatic hydroxyl groups excluding tert-OH is 1. The molecule has 22 heavy (non-hydrogen) atoms. The summed E-state index contributed by atoms with van der Waals surface area (Å²) in [6.07, 6.45) is 0.312. The summed E-state index contributed by atoms with van der Waals surface area (Å²) in [4.78, 5) is 17.4. The molecule has 6 nitrogen and oxygen atoms in total. The Morgan fingerprint density at radius 1 is 1.50 bits per heavy atom. The number of hydrogen-bond acceptors (Lipinski definition) is 5. The summed E-state index contributed by atoms with van der Waals surface area (Å²) in [5, 5.41) is 9.69. The highest BCUT2D eigenvalue weighted by atomic mass is 19.1. The Kier molecular flexibility index (Phi) is 4.08. The van der Waals surface area contributed by atoms with Gasteiger partial charge in [0, 0.05) is 6.07 Å². The van der Waals surface area contributed by atoms with Crippen molar-refractivity contribution in [2.24, 2.45) is 11.7 Å². The van der Waals surface area contributed by atoms with E-state index in [0.717, 1.165) is 13.1 Å². The molecular weight excluding hydrogens is 289 g/mol. The third kappa shape index (κ3) is 3.10. The van der Waals surface area contributed by atoms with Crippen LogP contribution >= 0.6 is 0 Å². The van der Waals surface area contributed by atoms with Crippen LogP contribution in [-0.2, 0) is 11.3 Å². The lowest BCUT2D eigenvalue weighted by Gasteiger charge is -2.32. The Bertz CT molecular complexity index is 680. The summed E-state index contributed by atoms with van der Waals surface area (Å²) in [5.41, 5.74) is 6.20. The number of aromatic nitrogens is 1. The Labute approximate surface area is 126 Å². The first kappa shape index (κ1) is 14.9. The molecule has 0 unspecified atom stereocenters. The van der Waals surface area contributed by atoms with E-state index in [1.165, 1.54) is 12.1 Å². The van der Waals surface area contributed by atoms with E-state index in [2.05, 4.69) is 9.88 Å². The molecule has 0 spiro atoms. The number of likely N-dealkylation sites (tertiary alicyclic amines) is 1. The van der Waals surface area contributed by atoms with Gasteiger partial charge in [0.2, 0.25) is 11.8 Å². The minimum atomic E-state index is -1.07. The van der Waals surface area contributed by atoms with E-state index in [4.69, 9.17) is 10.2 Å². The number of nitrogens with zero attached hydrogens (tertiary/aromatic N) is 2. The van der Waals surface area contributed by atoms with Gasteiger partial charge in [-0.1, -0.05) is 0 Å². The number of halogens is 1. The number of nitrogens with two attached hydrogens (primary N) is 1. The van der Waals surface area contributed by atoms with Crippen molar-refractivity contribution in [2.75, 3.05) is 13.1 Å². The number of oxazole rings is 1. The molecule has 1 atom stereocenters. The van der Waals surface area contributed by atoms with Crippen LogP contribution in [0.15, 0.2) is 22.6 Å². The van der Waals surface area contributed by atoms with Crippen molar-refractivity contribution in [3.05, 3.63) is 29.9 Å². The Morgan fingerprint density at radius 2 is 2.23 bits per heavy atom. The van der Waals surface area contributed by atoms with Crippen molar-refractivity contribution in [1.29, 1.82) is 0 Å². The van der Waals surface area contributed by atoms with Crippen molar-refractivity contribution >= 4 is 17.0 Å². The molecule has 0 radical (unpaired) electrons. The molecule has 2 heterocycles. The van der Waals surface area contributed by atoms with Crippen LogP contribution in [0.1, 0.15) is 18.7 Å². The second kappa shape index (κ2) is 6.02. The minimum absolute atomic E-state index is 0.0912. The molecule has 1 aliphatic rings. The van der Waals surface area contributed by atoms with Gasteiger partial charge in [0.15, 0.2) is 5.58 Å². The lowest BCUT2D eigenvalue weighted by molar-refractivity contribution is -0.129. The maximum absolute atomic E-state index is 13.1. The summed E-state index contributed by atoms with van der Waals surface area (Å²) in [5.74, 6) is -0.561. The van der Waals surface area contributed by atoms with E-state index >= 15 is 0 Å². The maximum Gasteiger partial charge on any atom is 0.246 e. The second-order valence-corrected chi connectivity index (χ2v) is 5.68. The first-order chi connectivity index (χ1) is 10.5. The van der Waals surface area contributed by atoms with Crippen LogP contribution in [0.4, 0.5) is 4.39 Å². The SMILES string of the molecule is NC(=O)[C@H](O)C1CCN(Cc2nc3cc(F)ccc3o2)CC1. The molecule has 118 valence electrons. The summed E-state index contributed by atoms with van der Waals surface area (Å²) < 4.78 is 18.7. The lowest BCUT2D eigenvalue weighted by Crippen LogP contribution is -2.42. The van der Waals surface area contributed by atoms with E-state index in [-0.39, 0.29) is 11.7 Å². The quantitative estimate of drug-likeness (QED) is 0.880. The third-order valence-electron chi connectivity index (χ3n) is 4.12. The number of primary amides is 1. The van der Waals surface area contributed by atoms with Gasteiger partial charge in [-0.15, -0.1) is 0 Å². The summed E-state index contributed by atoms with van der Waals surface area (Å²) in [7, 11) is 0. The van der Waals surface area contributed by atoms with Crippen LogP contribution < -0.4 is 5.73 Å². The van der Waals surface area contributed by atoms with Crippen LogP contribution in [0.2, 0.25) is 0 Å². The third-order valence-corrected chi connectivity index (χ3v) is 4.12. The number of rotatable bonds is 4. The van der Waals surface area contributed by atoms with E-state index in [0.29, 0.717) is 36.4 Å². The van der Waals surface area contributed by atoms with Gasteiger partial charge in [0.05, 0.1) is 6.54 Å². The van der Waals surface area contributed by atoms with E-state index in [1.54, 1.807) is 6.07 Å². The van der Waals surface area contributed by atoms with Crippen LogP contribution in [0.3, 0.4) is 0 Å². The highest BCUT2D eigenvalue weighted by molar-refractivity contribution is 5.78. The number of carbonyl (C=O) groups is 1. The zero-order valence-electron chi connectivity index (χ0n) is 12.0. The Morgan fingerprint density at radius 3 is 2.91 bits per heavy atom. The number of carbonyl (C=O) groups excluding carboxylic acids is 1. The van der Waals surface area contributed by atoms with Crippen molar-refractivity contribution in [3.63, 3.8) is 0 Å². The molecule has 0 saturated carbocycles. The van der Waals surface area contributed by atoms with E-state index in [9.17, 15) is 14.3 Å². The van der Waals surface area contributed by atoms with Gasteiger partial charge in [-0.3, -0.25) is 9.69 Å². The second-order valence-electron chi connectivity index (χ2n) is 5.68. The van der Waals surface area contributed by atoms with Crippen LogP contribution in [0.5, 0.6) is 0 Å². The van der Waals surface area contributed by atoms with Gasteiger partial charge in [0.25, 0.3) is 0 Å². The topological polar surface area (TPSA) is 92.6 Å². The highest BCUT2D eigenvalue weighted by Crippen LogP contribution is 2.23. The smallest absolute Gasteiger partial charge is 0.246 e. The zero-order valence-corrected chi connectivity index (χ0v) is 12.0. The Balaban J connectivity index is 1.61. The molecule has 0 aliphatic carbocycles. The van der Waals surface area contributed by atoms with Gasteiger partial charge < -0.3 is 15.3 Å². The average Bonchev–Trinajstić information content (AvgIpc) is 2.88. The number of aliphatic hydroxyl groups is 1. The molecular formula is C15H18FN3O3. The number of hydrogen-bond donors (Lipinski definition) is 2. The molecule has 7 heteroatoms. The summed E-state index contributed by atoms with van der Waals surface area (Å²) >= 11 is 0. The van der Waals surface area contributed by atoms with Gasteiger partial charge in [0.1, 0.15) is 17.4 Å². The minimum Gasteiger partial charge on any atom is -0.439 e. The molecule has 1 saturated heterocycles. The van der Waals surface area contributed by atoms with Crippen molar-refractivity contribution in [2.45, 2.75) is 25.5 Å². The average molecular weight is 307 g/mol. The predicted octanol–water partition coefficient (Wildman–Crippen LogP) is 1.03. The van der Waals surface area contributed by atoms with Crippen LogP contribution in [0.25, 0.3) is 11.1 Å². The van der Waals surface area contributed by atoms with Crippen LogP contribution in [-0.4, -0.2) is 40.1 Å². The molecule has 1 amide bonds.